The maximum atomic E-state index is 12.3. The first-order chi connectivity index (χ1) is 10.1. The molecule has 0 aromatic carbocycles. The van der Waals surface area contributed by atoms with E-state index >= 15 is 0 Å². The van der Waals surface area contributed by atoms with Gasteiger partial charge in [-0.05, 0) is 12.8 Å². The molecule has 2 N–H and O–H groups in total. The van der Waals surface area contributed by atoms with Crippen molar-refractivity contribution in [3.05, 3.63) is 11.9 Å². The molecule has 112 valence electrons. The molecule has 21 heavy (non-hydrogen) atoms. The lowest BCUT2D eigenvalue weighted by Crippen LogP contribution is -2.49. The van der Waals surface area contributed by atoms with Gasteiger partial charge in [0.2, 0.25) is 11.8 Å². The molecule has 1 aromatic rings. The Morgan fingerprint density at radius 1 is 1.48 bits per heavy atom. The van der Waals surface area contributed by atoms with Crippen LogP contribution in [0.5, 0.6) is 0 Å². The molecule has 3 heterocycles. The molecule has 2 atom stereocenters. The van der Waals surface area contributed by atoms with Gasteiger partial charge in [0.1, 0.15) is 6.54 Å². The van der Waals surface area contributed by atoms with Crippen molar-refractivity contribution < 1.29 is 19.5 Å². The number of hydrogen-bond acceptors (Lipinski definition) is 5. The second kappa shape index (κ2) is 5.15. The fraction of sp³-hybridized carbons (Fsp3) is 0.583. The van der Waals surface area contributed by atoms with Crippen LogP contribution in [0.15, 0.2) is 6.20 Å². The maximum Gasteiger partial charge on any atom is 0.358 e. The van der Waals surface area contributed by atoms with Crippen LogP contribution in [0.4, 0.5) is 0 Å². The molecule has 1 aromatic heterocycles. The molecule has 0 aliphatic carbocycles. The minimum atomic E-state index is -1.18. The number of carboxylic acid groups (broad SMARTS) is 1. The van der Waals surface area contributed by atoms with Gasteiger partial charge >= 0.3 is 5.97 Å². The Hall–Kier alpha value is -2.45. The van der Waals surface area contributed by atoms with Crippen molar-refractivity contribution in [2.24, 2.45) is 5.92 Å². The van der Waals surface area contributed by atoms with Crippen LogP contribution >= 0.6 is 0 Å². The molecule has 9 heteroatoms. The van der Waals surface area contributed by atoms with Crippen LogP contribution in [0, 0.1) is 5.92 Å². The average Bonchev–Trinajstić information content (AvgIpc) is 3.06. The van der Waals surface area contributed by atoms with Gasteiger partial charge in [-0.1, -0.05) is 5.21 Å². The summed E-state index contributed by atoms with van der Waals surface area (Å²) in [6, 6.07) is -0.110. The Morgan fingerprint density at radius 2 is 2.29 bits per heavy atom. The summed E-state index contributed by atoms with van der Waals surface area (Å²) in [5.74, 6) is -1.49. The van der Waals surface area contributed by atoms with E-state index in [0.717, 1.165) is 12.8 Å². The van der Waals surface area contributed by atoms with Crippen LogP contribution in [0.1, 0.15) is 23.3 Å². The summed E-state index contributed by atoms with van der Waals surface area (Å²) < 4.78 is 1.21. The molecule has 0 bridgehead atoms. The Kier molecular flexibility index (Phi) is 3.32. The summed E-state index contributed by atoms with van der Waals surface area (Å²) in [4.78, 5) is 36.4. The zero-order valence-electron chi connectivity index (χ0n) is 11.2. The standard InChI is InChI=1S/C12H15N5O4/c18-10(6-16-5-8(12(20)21)14-15-16)17-3-1-2-7-9(17)4-13-11(7)19/h5,7,9H,1-4,6H2,(H,13,19)(H,20,21). The number of likely N-dealkylation sites (tertiary alicyclic amines) is 1. The van der Waals surface area contributed by atoms with Crippen molar-refractivity contribution in [1.82, 2.24) is 25.2 Å². The lowest BCUT2D eigenvalue weighted by molar-refractivity contribution is -0.137. The summed E-state index contributed by atoms with van der Waals surface area (Å²) in [7, 11) is 0. The topological polar surface area (TPSA) is 117 Å². The summed E-state index contributed by atoms with van der Waals surface area (Å²) in [6.07, 6.45) is 2.81. The van der Waals surface area contributed by atoms with Crippen LogP contribution in [0.2, 0.25) is 0 Å². The Labute approximate surface area is 119 Å². The van der Waals surface area contributed by atoms with E-state index in [1.165, 1.54) is 10.9 Å². The summed E-state index contributed by atoms with van der Waals surface area (Å²) in [6.45, 7) is 1.01. The number of aromatic carboxylic acids is 1. The van der Waals surface area contributed by atoms with Gasteiger partial charge in [-0.2, -0.15) is 0 Å². The molecule has 2 unspecified atom stereocenters. The predicted octanol–water partition coefficient (Wildman–Crippen LogP) is -1.29. The molecular formula is C12H15N5O4. The van der Waals surface area contributed by atoms with E-state index in [1.54, 1.807) is 4.90 Å². The normalized spacial score (nSPS) is 24.6. The third kappa shape index (κ3) is 2.46. The van der Waals surface area contributed by atoms with Crippen molar-refractivity contribution in [3.63, 3.8) is 0 Å². The van der Waals surface area contributed by atoms with E-state index in [9.17, 15) is 14.4 Å². The van der Waals surface area contributed by atoms with Crippen molar-refractivity contribution in [2.75, 3.05) is 13.1 Å². The van der Waals surface area contributed by atoms with Gasteiger partial charge in [-0.3, -0.25) is 9.59 Å². The van der Waals surface area contributed by atoms with Crippen LogP contribution < -0.4 is 5.32 Å². The third-order valence-corrected chi connectivity index (χ3v) is 3.98. The van der Waals surface area contributed by atoms with E-state index in [1.807, 2.05) is 0 Å². The fourth-order valence-electron chi connectivity index (χ4n) is 2.96. The van der Waals surface area contributed by atoms with E-state index in [-0.39, 0.29) is 36.0 Å². The minimum Gasteiger partial charge on any atom is -0.476 e. The van der Waals surface area contributed by atoms with Crippen LogP contribution in [0.25, 0.3) is 0 Å². The highest BCUT2D eigenvalue weighted by Crippen LogP contribution is 2.27. The van der Waals surface area contributed by atoms with E-state index in [4.69, 9.17) is 5.11 Å². The number of fused-ring (bicyclic) bond motifs is 1. The second-order valence-corrected chi connectivity index (χ2v) is 5.25. The van der Waals surface area contributed by atoms with Gasteiger partial charge in [0.15, 0.2) is 5.69 Å². The number of nitrogens with zero attached hydrogens (tertiary/aromatic N) is 4. The molecule has 2 fully saturated rings. The lowest BCUT2D eigenvalue weighted by Gasteiger charge is -2.35. The number of rotatable bonds is 3. The Bertz CT molecular complexity index is 598. The lowest BCUT2D eigenvalue weighted by atomic mass is 9.91. The summed E-state index contributed by atoms with van der Waals surface area (Å²) in [5, 5.41) is 18.7. The monoisotopic (exact) mass is 293 g/mol. The summed E-state index contributed by atoms with van der Waals surface area (Å²) in [5.41, 5.74) is -0.197. The number of piperidine rings is 1. The SMILES string of the molecule is O=C(O)c1cn(CC(=O)N2CCCC3C(=O)NCC32)nn1. The first-order valence-corrected chi connectivity index (χ1v) is 6.77. The number of carbonyl (C=O) groups excluding carboxylic acids is 2. The highest BCUT2D eigenvalue weighted by molar-refractivity contribution is 5.85. The number of aromatic nitrogens is 3. The average molecular weight is 293 g/mol. The third-order valence-electron chi connectivity index (χ3n) is 3.98. The first kappa shape index (κ1) is 13.5. The molecule has 2 saturated heterocycles. The minimum absolute atomic E-state index is 0.00594. The number of amides is 2. The Morgan fingerprint density at radius 3 is 3.00 bits per heavy atom. The quantitative estimate of drug-likeness (QED) is 0.716. The summed E-state index contributed by atoms with van der Waals surface area (Å²) >= 11 is 0. The van der Waals surface area contributed by atoms with Crippen molar-refractivity contribution >= 4 is 17.8 Å². The Balaban J connectivity index is 1.69. The van der Waals surface area contributed by atoms with E-state index in [2.05, 4.69) is 15.6 Å². The molecule has 0 radical (unpaired) electrons. The second-order valence-electron chi connectivity index (χ2n) is 5.25. The fourth-order valence-corrected chi connectivity index (χ4v) is 2.96. The maximum absolute atomic E-state index is 12.3. The highest BCUT2D eigenvalue weighted by Gasteiger charge is 2.42. The molecule has 2 amide bonds. The molecular weight excluding hydrogens is 278 g/mol. The number of carbonyl (C=O) groups is 3. The smallest absolute Gasteiger partial charge is 0.358 e. The van der Waals surface area contributed by atoms with Gasteiger partial charge in [0.05, 0.1) is 18.2 Å². The van der Waals surface area contributed by atoms with Gasteiger partial charge in [-0.15, -0.1) is 5.10 Å². The van der Waals surface area contributed by atoms with Crippen molar-refractivity contribution in [1.29, 1.82) is 0 Å². The predicted molar refractivity (Wildman–Crippen MR) is 68.2 cm³/mol. The number of hydrogen-bond donors (Lipinski definition) is 2. The highest BCUT2D eigenvalue weighted by atomic mass is 16.4. The largest absolute Gasteiger partial charge is 0.476 e. The van der Waals surface area contributed by atoms with Gasteiger partial charge in [-0.25, -0.2) is 9.48 Å². The molecule has 0 spiro atoms. The van der Waals surface area contributed by atoms with Gasteiger partial charge in [0.25, 0.3) is 0 Å². The van der Waals surface area contributed by atoms with Crippen molar-refractivity contribution in [2.45, 2.75) is 25.4 Å². The molecule has 2 aliphatic heterocycles. The van der Waals surface area contributed by atoms with Crippen molar-refractivity contribution in [3.8, 4) is 0 Å². The zero-order valence-corrected chi connectivity index (χ0v) is 11.2. The molecule has 9 nitrogen and oxygen atoms in total. The van der Waals surface area contributed by atoms with E-state index < -0.39 is 5.97 Å². The zero-order chi connectivity index (χ0) is 15.0. The van der Waals surface area contributed by atoms with Crippen LogP contribution in [-0.4, -0.2) is 61.9 Å². The van der Waals surface area contributed by atoms with Gasteiger partial charge < -0.3 is 15.3 Å². The van der Waals surface area contributed by atoms with Crippen LogP contribution in [0.3, 0.4) is 0 Å². The van der Waals surface area contributed by atoms with Gasteiger partial charge in [0, 0.05) is 13.1 Å². The van der Waals surface area contributed by atoms with E-state index in [0.29, 0.717) is 13.1 Å². The molecule has 2 aliphatic rings. The number of nitrogens with one attached hydrogen (secondary N) is 1. The van der Waals surface area contributed by atoms with Crippen LogP contribution in [-0.2, 0) is 16.1 Å². The molecule has 3 rings (SSSR count). The number of carboxylic acids is 1. The molecule has 0 saturated carbocycles. The first-order valence-electron chi connectivity index (χ1n) is 6.77.